The monoisotopic (exact) mass is 245 g/mol. The maximum absolute atomic E-state index is 9.45. The number of nitrogens with two attached hydrogens (primary N) is 1. The molecule has 0 spiro atoms. The highest BCUT2D eigenvalue weighted by molar-refractivity contribution is 5.84. The molecule has 1 saturated heterocycles. The van der Waals surface area contributed by atoms with E-state index < -0.39 is 0 Å². The Labute approximate surface area is 106 Å². The Hall–Kier alpha value is -1.52. The number of aromatic amines is 1. The van der Waals surface area contributed by atoms with Crippen molar-refractivity contribution in [3.8, 4) is 5.75 Å². The molecule has 0 atom stereocenters. The second kappa shape index (κ2) is 4.63. The number of phenols is 1. The van der Waals surface area contributed by atoms with E-state index in [1.165, 1.54) is 10.9 Å². The van der Waals surface area contributed by atoms with Crippen molar-refractivity contribution in [3.63, 3.8) is 0 Å². The van der Waals surface area contributed by atoms with Crippen molar-refractivity contribution >= 4 is 10.9 Å². The lowest BCUT2D eigenvalue weighted by molar-refractivity contribution is 0.206. The fourth-order valence-corrected chi connectivity index (χ4v) is 2.66. The Kier molecular flexibility index (Phi) is 2.97. The van der Waals surface area contributed by atoms with Gasteiger partial charge in [-0.3, -0.25) is 4.90 Å². The molecular formula is C14H19N3O. The van der Waals surface area contributed by atoms with E-state index in [1.807, 2.05) is 12.3 Å². The minimum absolute atomic E-state index is 0.305. The molecule has 4 N–H and O–H groups in total. The lowest BCUT2D eigenvalue weighted by Crippen LogP contribution is -2.39. The van der Waals surface area contributed by atoms with Gasteiger partial charge < -0.3 is 15.8 Å². The molecule has 2 aromatic rings. The normalized spacial score (nSPS) is 18.5. The minimum Gasteiger partial charge on any atom is -0.508 e. The van der Waals surface area contributed by atoms with Crippen molar-refractivity contribution in [2.24, 2.45) is 5.73 Å². The number of fused-ring (bicyclic) bond motifs is 1. The van der Waals surface area contributed by atoms with E-state index in [0.717, 1.165) is 38.0 Å². The van der Waals surface area contributed by atoms with Crippen LogP contribution < -0.4 is 5.73 Å². The lowest BCUT2D eigenvalue weighted by Gasteiger charge is -2.29. The SMILES string of the molecule is NC1CCN(Cc2c[nH]c3cc(O)ccc23)CC1. The molecule has 1 aromatic carbocycles. The highest BCUT2D eigenvalue weighted by Crippen LogP contribution is 2.24. The molecule has 1 aliphatic rings. The standard InChI is InChI=1S/C14H19N3O/c15-11-3-5-17(6-4-11)9-10-8-16-14-7-12(18)1-2-13(10)14/h1-2,7-8,11,16,18H,3-6,9,15H2. The van der Waals surface area contributed by atoms with Crippen LogP contribution in [0.25, 0.3) is 10.9 Å². The van der Waals surface area contributed by atoms with Crippen LogP contribution in [-0.2, 0) is 6.54 Å². The summed E-state index contributed by atoms with van der Waals surface area (Å²) in [7, 11) is 0. The summed E-state index contributed by atoms with van der Waals surface area (Å²) in [5.74, 6) is 0.305. The Balaban J connectivity index is 1.78. The largest absolute Gasteiger partial charge is 0.508 e. The molecule has 0 unspecified atom stereocenters. The van der Waals surface area contributed by atoms with Crippen molar-refractivity contribution in [2.75, 3.05) is 13.1 Å². The first-order valence-electron chi connectivity index (χ1n) is 6.49. The van der Waals surface area contributed by atoms with E-state index in [9.17, 15) is 5.11 Å². The van der Waals surface area contributed by atoms with Crippen LogP contribution in [-0.4, -0.2) is 34.1 Å². The average Bonchev–Trinajstić information content (AvgIpc) is 2.74. The molecular weight excluding hydrogens is 226 g/mol. The van der Waals surface area contributed by atoms with Gasteiger partial charge in [0.15, 0.2) is 0 Å². The molecule has 0 saturated carbocycles. The second-order valence-corrected chi connectivity index (χ2v) is 5.16. The molecule has 0 aliphatic carbocycles. The number of H-pyrrole nitrogens is 1. The van der Waals surface area contributed by atoms with Crippen molar-refractivity contribution < 1.29 is 5.11 Å². The van der Waals surface area contributed by atoms with Crippen molar-refractivity contribution in [2.45, 2.75) is 25.4 Å². The topological polar surface area (TPSA) is 65.3 Å². The second-order valence-electron chi connectivity index (χ2n) is 5.16. The number of hydrogen-bond donors (Lipinski definition) is 3. The Morgan fingerprint density at radius 2 is 2.11 bits per heavy atom. The smallest absolute Gasteiger partial charge is 0.117 e. The number of aromatic hydroxyl groups is 1. The molecule has 0 amide bonds. The zero-order chi connectivity index (χ0) is 12.5. The maximum Gasteiger partial charge on any atom is 0.117 e. The van der Waals surface area contributed by atoms with Crippen molar-refractivity contribution in [1.82, 2.24) is 9.88 Å². The van der Waals surface area contributed by atoms with Crippen LogP contribution in [0.2, 0.25) is 0 Å². The number of piperidine rings is 1. The molecule has 96 valence electrons. The van der Waals surface area contributed by atoms with Gasteiger partial charge in [-0.1, -0.05) is 0 Å². The summed E-state index contributed by atoms with van der Waals surface area (Å²) in [5.41, 5.74) is 8.21. The summed E-state index contributed by atoms with van der Waals surface area (Å²) >= 11 is 0. The molecule has 0 bridgehead atoms. The number of nitrogens with one attached hydrogen (secondary N) is 1. The van der Waals surface area contributed by atoms with E-state index in [1.54, 1.807) is 12.1 Å². The summed E-state index contributed by atoms with van der Waals surface area (Å²) in [6.07, 6.45) is 4.21. The predicted octanol–water partition coefficient (Wildman–Crippen LogP) is 1.80. The van der Waals surface area contributed by atoms with Gasteiger partial charge in [0.05, 0.1) is 0 Å². The van der Waals surface area contributed by atoms with E-state index in [-0.39, 0.29) is 0 Å². The van der Waals surface area contributed by atoms with Gasteiger partial charge in [-0.2, -0.15) is 0 Å². The maximum atomic E-state index is 9.45. The summed E-state index contributed by atoms with van der Waals surface area (Å²) in [5, 5.41) is 10.6. The van der Waals surface area contributed by atoms with Crippen molar-refractivity contribution in [1.29, 1.82) is 0 Å². The van der Waals surface area contributed by atoms with E-state index >= 15 is 0 Å². The first-order valence-corrected chi connectivity index (χ1v) is 6.49. The molecule has 4 nitrogen and oxygen atoms in total. The van der Waals surface area contributed by atoms with E-state index in [0.29, 0.717) is 11.8 Å². The summed E-state index contributed by atoms with van der Waals surface area (Å²) in [6.45, 7) is 3.11. The highest BCUT2D eigenvalue weighted by Gasteiger charge is 2.17. The van der Waals surface area contributed by atoms with Gasteiger partial charge in [0, 0.05) is 35.8 Å². The number of likely N-dealkylation sites (tertiary alicyclic amines) is 1. The van der Waals surface area contributed by atoms with Gasteiger partial charge in [-0.15, -0.1) is 0 Å². The quantitative estimate of drug-likeness (QED) is 0.756. The Morgan fingerprint density at radius 3 is 2.89 bits per heavy atom. The minimum atomic E-state index is 0.305. The Morgan fingerprint density at radius 1 is 1.33 bits per heavy atom. The number of phenolic OH excluding ortho intramolecular Hbond substituents is 1. The van der Waals surface area contributed by atoms with Crippen LogP contribution in [0.1, 0.15) is 18.4 Å². The van der Waals surface area contributed by atoms with Gasteiger partial charge in [0.25, 0.3) is 0 Å². The third-order valence-electron chi connectivity index (χ3n) is 3.78. The molecule has 18 heavy (non-hydrogen) atoms. The number of hydrogen-bond acceptors (Lipinski definition) is 3. The first kappa shape index (κ1) is 11.6. The third-order valence-corrected chi connectivity index (χ3v) is 3.78. The van der Waals surface area contributed by atoms with Gasteiger partial charge in [-0.25, -0.2) is 0 Å². The van der Waals surface area contributed by atoms with Crippen LogP contribution in [0.5, 0.6) is 5.75 Å². The highest BCUT2D eigenvalue weighted by atomic mass is 16.3. The fourth-order valence-electron chi connectivity index (χ4n) is 2.66. The van der Waals surface area contributed by atoms with E-state index in [4.69, 9.17) is 5.73 Å². The number of rotatable bonds is 2. The molecule has 1 aliphatic heterocycles. The van der Waals surface area contributed by atoms with Crippen LogP contribution in [0.3, 0.4) is 0 Å². The molecule has 2 heterocycles. The van der Waals surface area contributed by atoms with Gasteiger partial charge in [-0.05, 0) is 43.6 Å². The third kappa shape index (κ3) is 2.21. The summed E-state index contributed by atoms with van der Waals surface area (Å²) < 4.78 is 0. The number of aromatic nitrogens is 1. The number of nitrogens with zero attached hydrogens (tertiary/aromatic N) is 1. The fraction of sp³-hybridized carbons (Fsp3) is 0.429. The van der Waals surface area contributed by atoms with Crippen molar-refractivity contribution in [3.05, 3.63) is 30.0 Å². The van der Waals surface area contributed by atoms with Gasteiger partial charge in [0.1, 0.15) is 5.75 Å². The van der Waals surface area contributed by atoms with E-state index in [2.05, 4.69) is 9.88 Å². The molecule has 0 radical (unpaired) electrons. The molecule has 1 aromatic heterocycles. The number of benzene rings is 1. The summed E-state index contributed by atoms with van der Waals surface area (Å²) in [6, 6.07) is 5.87. The molecule has 4 heteroatoms. The van der Waals surface area contributed by atoms with Crippen LogP contribution in [0, 0.1) is 0 Å². The van der Waals surface area contributed by atoms with Gasteiger partial charge >= 0.3 is 0 Å². The molecule has 1 fully saturated rings. The lowest BCUT2D eigenvalue weighted by atomic mass is 10.1. The van der Waals surface area contributed by atoms with Crippen LogP contribution >= 0.6 is 0 Å². The van der Waals surface area contributed by atoms with Crippen LogP contribution in [0.15, 0.2) is 24.4 Å². The van der Waals surface area contributed by atoms with Gasteiger partial charge in [0.2, 0.25) is 0 Å². The zero-order valence-electron chi connectivity index (χ0n) is 10.4. The zero-order valence-corrected chi connectivity index (χ0v) is 10.4. The molecule has 3 rings (SSSR count). The Bertz CT molecular complexity index is 541. The predicted molar refractivity (Wildman–Crippen MR) is 72.4 cm³/mol. The summed E-state index contributed by atoms with van der Waals surface area (Å²) in [4.78, 5) is 5.66. The van der Waals surface area contributed by atoms with Crippen LogP contribution in [0.4, 0.5) is 0 Å². The first-order chi connectivity index (χ1) is 8.72. The average molecular weight is 245 g/mol.